The number of nitrogens with zero attached hydrogens (tertiary/aromatic N) is 3. The lowest BCUT2D eigenvalue weighted by Gasteiger charge is -2.18. The van der Waals surface area contributed by atoms with Crippen molar-refractivity contribution < 1.29 is 9.32 Å². The third-order valence-electron chi connectivity index (χ3n) is 4.10. The van der Waals surface area contributed by atoms with E-state index in [1.54, 1.807) is 18.7 Å². The van der Waals surface area contributed by atoms with Crippen LogP contribution in [0.15, 0.2) is 33.7 Å². The van der Waals surface area contributed by atoms with Crippen LogP contribution in [0, 0.1) is 12.8 Å². The van der Waals surface area contributed by atoms with Gasteiger partial charge in [0, 0.05) is 18.0 Å². The van der Waals surface area contributed by atoms with Crippen molar-refractivity contribution in [1.82, 2.24) is 20.4 Å². The summed E-state index contributed by atoms with van der Waals surface area (Å²) in [7, 11) is 1.95. The van der Waals surface area contributed by atoms with Crippen LogP contribution in [0.3, 0.4) is 0 Å². The lowest BCUT2D eigenvalue weighted by molar-refractivity contribution is 0.0784. The summed E-state index contributed by atoms with van der Waals surface area (Å²) in [5.41, 5.74) is 0.754. The van der Waals surface area contributed by atoms with Crippen LogP contribution in [0.5, 0.6) is 0 Å². The van der Waals surface area contributed by atoms with E-state index in [1.165, 1.54) is 0 Å². The molecule has 1 amide bonds. The van der Waals surface area contributed by atoms with E-state index in [0.29, 0.717) is 23.4 Å². The van der Waals surface area contributed by atoms with Crippen LogP contribution in [0.2, 0.25) is 0 Å². The number of nitrogens with one attached hydrogen (secondary N) is 1. The summed E-state index contributed by atoms with van der Waals surface area (Å²) >= 11 is 1.56. The Morgan fingerprint density at radius 2 is 2.24 bits per heavy atom. The van der Waals surface area contributed by atoms with Gasteiger partial charge in [-0.1, -0.05) is 17.3 Å². The summed E-state index contributed by atoms with van der Waals surface area (Å²) in [6, 6.07) is 7.73. The smallest absolute Gasteiger partial charge is 0.254 e. The normalized spacial score (nSPS) is 16.7. The number of benzene rings is 1. The molecular weight excluding hydrogens is 360 g/mol. The summed E-state index contributed by atoms with van der Waals surface area (Å²) < 4.78 is 5.14. The van der Waals surface area contributed by atoms with Gasteiger partial charge < -0.3 is 14.7 Å². The molecule has 1 aromatic heterocycles. The Balaban J connectivity index is 0.00000225. The number of carbonyl (C=O) groups is 1. The van der Waals surface area contributed by atoms with Crippen LogP contribution in [0.1, 0.15) is 28.5 Å². The number of likely N-dealkylation sites (tertiary alicyclic amines) is 1. The lowest BCUT2D eigenvalue weighted by atomic mass is 10.1. The average Bonchev–Trinajstić information content (AvgIpc) is 3.22. The molecule has 25 heavy (non-hydrogen) atoms. The Hall–Kier alpha value is -1.57. The molecule has 3 rings (SSSR count). The molecule has 2 aromatic rings. The summed E-state index contributed by atoms with van der Waals surface area (Å²) in [6.07, 6.45) is 1.06. The third-order valence-corrected chi connectivity index (χ3v) is 5.16. The van der Waals surface area contributed by atoms with Crippen molar-refractivity contribution in [2.45, 2.75) is 24.0 Å². The molecule has 0 radical (unpaired) electrons. The number of aryl methyl sites for hydroxylation is 1. The molecular formula is C17H23ClN4O2S. The minimum Gasteiger partial charge on any atom is -0.338 e. The first-order valence-corrected chi connectivity index (χ1v) is 9.11. The molecule has 0 spiro atoms. The number of carbonyl (C=O) groups excluding carboxylic acids is 1. The molecule has 0 aliphatic carbocycles. The van der Waals surface area contributed by atoms with E-state index in [9.17, 15) is 4.79 Å². The Morgan fingerprint density at radius 1 is 1.44 bits per heavy atom. The molecule has 1 aliphatic heterocycles. The van der Waals surface area contributed by atoms with Crippen LogP contribution in [-0.4, -0.2) is 47.6 Å². The number of aromatic nitrogens is 2. The molecule has 8 heteroatoms. The maximum Gasteiger partial charge on any atom is 0.254 e. The molecule has 1 aromatic carbocycles. The molecule has 1 atom stereocenters. The topological polar surface area (TPSA) is 71.3 Å². The molecule has 1 unspecified atom stereocenters. The van der Waals surface area contributed by atoms with E-state index in [4.69, 9.17) is 4.52 Å². The van der Waals surface area contributed by atoms with Crippen LogP contribution in [-0.2, 0) is 5.75 Å². The highest BCUT2D eigenvalue weighted by molar-refractivity contribution is 7.98. The van der Waals surface area contributed by atoms with Crippen molar-refractivity contribution in [3.63, 3.8) is 0 Å². The molecule has 136 valence electrons. The highest BCUT2D eigenvalue weighted by Crippen LogP contribution is 2.28. The van der Waals surface area contributed by atoms with Gasteiger partial charge in [-0.15, -0.1) is 24.2 Å². The first kappa shape index (κ1) is 19.8. The van der Waals surface area contributed by atoms with E-state index in [1.807, 2.05) is 36.2 Å². The fourth-order valence-electron chi connectivity index (χ4n) is 2.95. The van der Waals surface area contributed by atoms with Crippen LogP contribution >= 0.6 is 24.2 Å². The van der Waals surface area contributed by atoms with E-state index in [2.05, 4.69) is 15.5 Å². The summed E-state index contributed by atoms with van der Waals surface area (Å²) in [6.45, 7) is 4.40. The quantitative estimate of drug-likeness (QED) is 0.774. The van der Waals surface area contributed by atoms with Crippen LogP contribution in [0.4, 0.5) is 0 Å². The number of halogens is 1. The first-order valence-electron chi connectivity index (χ1n) is 8.12. The standard InChI is InChI=1S/C17H22N4O2S.ClH/c1-12-19-16(23-20-12)11-24-15-6-4-3-5-14(15)17(22)21-8-7-13(10-21)9-18-2;/h3-6,13,18H,7-11H2,1-2H3;1H. The van der Waals surface area contributed by atoms with E-state index >= 15 is 0 Å². The second-order valence-corrected chi connectivity index (χ2v) is 7.00. The molecule has 1 N–H and O–H groups in total. The Morgan fingerprint density at radius 3 is 2.96 bits per heavy atom. The summed E-state index contributed by atoms with van der Waals surface area (Å²) in [5.74, 6) is 2.42. The molecule has 6 nitrogen and oxygen atoms in total. The molecule has 0 saturated carbocycles. The number of thioether (sulfide) groups is 1. The SMILES string of the molecule is CNCC1CCN(C(=O)c2ccccc2SCc2nc(C)no2)C1.Cl. The van der Waals surface area contributed by atoms with Gasteiger partial charge in [0.15, 0.2) is 5.82 Å². The second-order valence-electron chi connectivity index (χ2n) is 5.98. The second kappa shape index (κ2) is 9.22. The van der Waals surface area contributed by atoms with E-state index in [-0.39, 0.29) is 18.3 Å². The lowest BCUT2D eigenvalue weighted by Crippen LogP contribution is -2.30. The predicted octanol–water partition coefficient (Wildman–Crippen LogP) is 2.77. The summed E-state index contributed by atoms with van der Waals surface area (Å²) in [5, 5.41) is 6.99. The van der Waals surface area contributed by atoms with Crippen molar-refractivity contribution in [3.05, 3.63) is 41.5 Å². The van der Waals surface area contributed by atoms with Gasteiger partial charge in [0.1, 0.15) is 0 Å². The predicted molar refractivity (Wildman–Crippen MR) is 100 cm³/mol. The Kier molecular flexibility index (Phi) is 7.28. The highest BCUT2D eigenvalue weighted by atomic mass is 35.5. The molecule has 1 aliphatic rings. The zero-order chi connectivity index (χ0) is 16.9. The van der Waals surface area contributed by atoms with Gasteiger partial charge in [-0.25, -0.2) is 0 Å². The summed E-state index contributed by atoms with van der Waals surface area (Å²) in [4.78, 5) is 20.0. The van der Waals surface area contributed by atoms with Gasteiger partial charge in [-0.05, 0) is 45.0 Å². The van der Waals surface area contributed by atoms with Gasteiger partial charge >= 0.3 is 0 Å². The van der Waals surface area contributed by atoms with E-state index < -0.39 is 0 Å². The van der Waals surface area contributed by atoms with Crippen LogP contribution < -0.4 is 5.32 Å². The zero-order valence-electron chi connectivity index (χ0n) is 14.4. The van der Waals surface area contributed by atoms with Gasteiger partial charge in [-0.2, -0.15) is 4.98 Å². The fraction of sp³-hybridized carbons (Fsp3) is 0.471. The molecule has 1 saturated heterocycles. The van der Waals surface area contributed by atoms with Crippen molar-refractivity contribution in [1.29, 1.82) is 0 Å². The minimum atomic E-state index is 0. The Labute approximate surface area is 158 Å². The zero-order valence-corrected chi connectivity index (χ0v) is 16.0. The van der Waals surface area contributed by atoms with Gasteiger partial charge in [0.05, 0.1) is 11.3 Å². The number of hydrogen-bond donors (Lipinski definition) is 1. The maximum atomic E-state index is 12.9. The van der Waals surface area contributed by atoms with Gasteiger partial charge in [-0.3, -0.25) is 4.79 Å². The largest absolute Gasteiger partial charge is 0.338 e. The van der Waals surface area contributed by atoms with E-state index in [0.717, 1.165) is 36.5 Å². The number of rotatable bonds is 6. The monoisotopic (exact) mass is 382 g/mol. The highest BCUT2D eigenvalue weighted by Gasteiger charge is 2.27. The van der Waals surface area contributed by atoms with Gasteiger partial charge in [0.25, 0.3) is 5.91 Å². The van der Waals surface area contributed by atoms with Crippen molar-refractivity contribution >= 4 is 30.1 Å². The van der Waals surface area contributed by atoms with Crippen molar-refractivity contribution in [2.24, 2.45) is 5.92 Å². The average molecular weight is 383 g/mol. The Bertz CT molecular complexity index is 709. The van der Waals surface area contributed by atoms with Crippen LogP contribution in [0.25, 0.3) is 0 Å². The molecule has 0 bridgehead atoms. The van der Waals surface area contributed by atoms with Gasteiger partial charge in [0.2, 0.25) is 5.89 Å². The van der Waals surface area contributed by atoms with Crippen molar-refractivity contribution in [2.75, 3.05) is 26.7 Å². The third kappa shape index (κ3) is 4.96. The fourth-order valence-corrected chi connectivity index (χ4v) is 3.83. The first-order chi connectivity index (χ1) is 11.7. The minimum absolute atomic E-state index is 0. The molecule has 1 fully saturated rings. The maximum absolute atomic E-state index is 12.9. The van der Waals surface area contributed by atoms with Crippen molar-refractivity contribution in [3.8, 4) is 0 Å². The molecule has 2 heterocycles. The number of amides is 1. The number of hydrogen-bond acceptors (Lipinski definition) is 6.